The Bertz CT molecular complexity index is 591. The van der Waals surface area contributed by atoms with Gasteiger partial charge in [-0.3, -0.25) is 0 Å². The van der Waals surface area contributed by atoms with E-state index in [1.54, 1.807) is 19.1 Å². The van der Waals surface area contributed by atoms with E-state index in [-0.39, 0.29) is 0 Å². The van der Waals surface area contributed by atoms with Gasteiger partial charge in [-0.15, -0.1) is 0 Å². The second-order valence-corrected chi connectivity index (χ2v) is 4.58. The lowest BCUT2D eigenvalue weighted by Crippen LogP contribution is -2.18. The van der Waals surface area contributed by atoms with Gasteiger partial charge < -0.3 is 5.11 Å². The van der Waals surface area contributed by atoms with E-state index in [9.17, 15) is 5.11 Å². The predicted molar refractivity (Wildman–Crippen MR) is 74.3 cm³/mol. The highest BCUT2D eigenvalue weighted by Gasteiger charge is 2.22. The van der Waals surface area contributed by atoms with Crippen molar-refractivity contribution in [1.82, 2.24) is 0 Å². The van der Waals surface area contributed by atoms with Gasteiger partial charge in [-0.2, -0.15) is 0 Å². The van der Waals surface area contributed by atoms with Crippen LogP contribution in [-0.4, -0.2) is 5.11 Å². The Morgan fingerprint density at radius 1 is 1.00 bits per heavy atom. The summed E-state index contributed by atoms with van der Waals surface area (Å²) in [6.45, 7) is 1.64. The van der Waals surface area contributed by atoms with Gasteiger partial charge in [0.05, 0.1) is 0 Å². The molecule has 0 spiro atoms. The van der Waals surface area contributed by atoms with Crippen LogP contribution in [0.3, 0.4) is 0 Å². The Balaban J connectivity index is 2.34. The summed E-state index contributed by atoms with van der Waals surface area (Å²) < 4.78 is 0. The Labute approximate surface area is 112 Å². The number of rotatable bonds is 1. The molecule has 90 valence electrons. The monoisotopic (exact) mass is 256 g/mol. The minimum absolute atomic E-state index is 0.518. The highest BCUT2D eigenvalue weighted by molar-refractivity contribution is 6.31. The zero-order valence-electron chi connectivity index (χ0n) is 10.0. The number of halogens is 1. The van der Waals surface area contributed by atoms with Crippen LogP contribution in [0.15, 0.2) is 54.6 Å². The van der Waals surface area contributed by atoms with Crippen LogP contribution in [-0.2, 0) is 5.60 Å². The molecule has 0 aromatic heterocycles. The first-order valence-electron chi connectivity index (χ1n) is 5.65. The van der Waals surface area contributed by atoms with Crippen molar-refractivity contribution in [3.05, 3.63) is 70.7 Å². The lowest BCUT2D eigenvalue weighted by molar-refractivity contribution is 0.122. The average molecular weight is 257 g/mol. The third-order valence-electron chi connectivity index (χ3n) is 2.62. The first kappa shape index (κ1) is 12.7. The van der Waals surface area contributed by atoms with Gasteiger partial charge in [0, 0.05) is 16.1 Å². The van der Waals surface area contributed by atoms with Gasteiger partial charge in [-0.05, 0) is 25.1 Å². The van der Waals surface area contributed by atoms with E-state index in [4.69, 9.17) is 11.6 Å². The maximum Gasteiger partial charge on any atom is 0.149 e. The molecule has 0 heterocycles. The van der Waals surface area contributed by atoms with Crippen LogP contribution in [0.5, 0.6) is 0 Å². The van der Waals surface area contributed by atoms with Gasteiger partial charge in [-0.1, -0.05) is 59.8 Å². The van der Waals surface area contributed by atoms with Crippen LogP contribution < -0.4 is 0 Å². The average Bonchev–Trinajstić information content (AvgIpc) is 2.38. The number of benzene rings is 2. The molecule has 0 aliphatic carbocycles. The second kappa shape index (κ2) is 5.27. The summed E-state index contributed by atoms with van der Waals surface area (Å²) in [6, 6.07) is 16.7. The van der Waals surface area contributed by atoms with Crippen molar-refractivity contribution in [1.29, 1.82) is 0 Å². The molecule has 1 nitrogen and oxygen atoms in total. The lowest BCUT2D eigenvalue weighted by Gasteiger charge is -2.18. The van der Waals surface area contributed by atoms with E-state index in [0.717, 1.165) is 5.56 Å². The first-order chi connectivity index (χ1) is 8.59. The topological polar surface area (TPSA) is 20.2 Å². The quantitative estimate of drug-likeness (QED) is 0.773. The molecule has 18 heavy (non-hydrogen) atoms. The van der Waals surface area contributed by atoms with Crippen molar-refractivity contribution in [2.75, 3.05) is 0 Å². The zero-order chi connectivity index (χ0) is 13.0. The SMILES string of the molecule is C[C@@](O)(C#Cc1ccccc1)c1ccccc1Cl. The molecule has 1 N–H and O–H groups in total. The van der Waals surface area contributed by atoms with E-state index < -0.39 is 5.60 Å². The van der Waals surface area contributed by atoms with Gasteiger partial charge in [0.25, 0.3) is 0 Å². The van der Waals surface area contributed by atoms with Crippen molar-refractivity contribution >= 4 is 11.6 Å². The molecule has 0 saturated carbocycles. The maximum atomic E-state index is 10.4. The van der Waals surface area contributed by atoms with Gasteiger partial charge in [0.1, 0.15) is 5.60 Å². The lowest BCUT2D eigenvalue weighted by atomic mass is 9.96. The van der Waals surface area contributed by atoms with Crippen LogP contribution in [0.1, 0.15) is 18.1 Å². The molecule has 2 aromatic carbocycles. The van der Waals surface area contributed by atoms with E-state index in [1.165, 1.54) is 0 Å². The van der Waals surface area contributed by atoms with Gasteiger partial charge in [0.15, 0.2) is 0 Å². The third kappa shape index (κ3) is 2.92. The van der Waals surface area contributed by atoms with Gasteiger partial charge in [-0.25, -0.2) is 0 Å². The van der Waals surface area contributed by atoms with Crippen LogP contribution in [0.2, 0.25) is 5.02 Å². The molecule has 2 aromatic rings. The molecule has 0 aliphatic rings. The van der Waals surface area contributed by atoms with Gasteiger partial charge in [0.2, 0.25) is 0 Å². The van der Waals surface area contributed by atoms with Crippen molar-refractivity contribution in [3.8, 4) is 11.8 Å². The van der Waals surface area contributed by atoms with E-state index in [0.29, 0.717) is 10.6 Å². The van der Waals surface area contributed by atoms with Crippen LogP contribution >= 0.6 is 11.6 Å². The van der Waals surface area contributed by atoms with E-state index in [1.807, 2.05) is 42.5 Å². The molecular weight excluding hydrogens is 244 g/mol. The zero-order valence-corrected chi connectivity index (χ0v) is 10.8. The fourth-order valence-corrected chi connectivity index (χ4v) is 1.96. The van der Waals surface area contributed by atoms with Gasteiger partial charge >= 0.3 is 0 Å². The summed E-state index contributed by atoms with van der Waals surface area (Å²) in [4.78, 5) is 0. The molecule has 0 saturated heterocycles. The van der Waals surface area contributed by atoms with Crippen LogP contribution in [0, 0.1) is 11.8 Å². The minimum Gasteiger partial charge on any atom is -0.374 e. The molecule has 0 bridgehead atoms. The van der Waals surface area contributed by atoms with Crippen molar-refractivity contribution in [2.45, 2.75) is 12.5 Å². The Morgan fingerprint density at radius 3 is 2.28 bits per heavy atom. The standard InChI is InChI=1S/C16H13ClO/c1-16(18,14-9-5-6-10-15(14)17)12-11-13-7-3-2-4-8-13/h2-10,18H,1H3/t16-/m1/s1. The van der Waals surface area contributed by atoms with Crippen molar-refractivity contribution < 1.29 is 5.11 Å². The normalized spacial score (nSPS) is 13.3. The summed E-state index contributed by atoms with van der Waals surface area (Å²) in [7, 11) is 0. The summed E-state index contributed by atoms with van der Waals surface area (Å²) >= 11 is 6.06. The summed E-state index contributed by atoms with van der Waals surface area (Å²) in [5.41, 5.74) is 0.230. The predicted octanol–water partition coefficient (Wildman–Crippen LogP) is 3.60. The summed E-state index contributed by atoms with van der Waals surface area (Å²) in [5, 5.41) is 10.9. The smallest absolute Gasteiger partial charge is 0.149 e. The number of hydrogen-bond donors (Lipinski definition) is 1. The number of aliphatic hydroxyl groups is 1. The molecule has 0 unspecified atom stereocenters. The second-order valence-electron chi connectivity index (χ2n) is 4.17. The third-order valence-corrected chi connectivity index (χ3v) is 2.95. The minimum atomic E-state index is -1.26. The van der Waals surface area contributed by atoms with Crippen LogP contribution in [0.25, 0.3) is 0 Å². The Morgan fingerprint density at radius 2 is 1.61 bits per heavy atom. The molecular formula is C16H13ClO. The Kier molecular flexibility index (Phi) is 3.72. The molecule has 0 amide bonds. The molecule has 1 atom stereocenters. The first-order valence-corrected chi connectivity index (χ1v) is 6.03. The summed E-state index contributed by atoms with van der Waals surface area (Å²) in [6.07, 6.45) is 0. The molecule has 0 radical (unpaired) electrons. The fourth-order valence-electron chi connectivity index (χ4n) is 1.64. The fraction of sp³-hybridized carbons (Fsp3) is 0.125. The molecule has 0 fully saturated rings. The molecule has 0 aliphatic heterocycles. The molecule has 2 rings (SSSR count). The largest absolute Gasteiger partial charge is 0.374 e. The van der Waals surface area contributed by atoms with Crippen molar-refractivity contribution in [3.63, 3.8) is 0 Å². The maximum absolute atomic E-state index is 10.4. The Hall–Kier alpha value is -1.75. The van der Waals surface area contributed by atoms with Crippen molar-refractivity contribution in [2.24, 2.45) is 0 Å². The number of hydrogen-bond acceptors (Lipinski definition) is 1. The van der Waals surface area contributed by atoms with E-state index >= 15 is 0 Å². The summed E-state index contributed by atoms with van der Waals surface area (Å²) in [5.74, 6) is 5.81. The highest BCUT2D eigenvalue weighted by Crippen LogP contribution is 2.27. The molecule has 2 heteroatoms. The van der Waals surface area contributed by atoms with E-state index in [2.05, 4.69) is 11.8 Å². The highest BCUT2D eigenvalue weighted by atomic mass is 35.5. The van der Waals surface area contributed by atoms with Crippen LogP contribution in [0.4, 0.5) is 0 Å².